The SMILES string of the molecule is CCn1cncc1Cn1cc(CNC)nn1. The summed E-state index contributed by atoms with van der Waals surface area (Å²) in [5, 5.41) is 11.2. The predicted molar refractivity (Wildman–Crippen MR) is 59.8 cm³/mol. The van der Waals surface area contributed by atoms with Gasteiger partial charge in [-0.25, -0.2) is 9.67 Å². The van der Waals surface area contributed by atoms with Crippen molar-refractivity contribution in [3.8, 4) is 0 Å². The molecule has 16 heavy (non-hydrogen) atoms. The Kier molecular flexibility index (Phi) is 3.31. The number of imidazole rings is 1. The van der Waals surface area contributed by atoms with E-state index in [1.54, 1.807) is 0 Å². The third kappa shape index (κ3) is 2.27. The fraction of sp³-hybridized carbons (Fsp3) is 0.500. The van der Waals surface area contributed by atoms with Crippen molar-refractivity contribution in [2.45, 2.75) is 26.6 Å². The van der Waals surface area contributed by atoms with E-state index >= 15 is 0 Å². The molecule has 0 aliphatic heterocycles. The van der Waals surface area contributed by atoms with Crippen LogP contribution in [0.1, 0.15) is 18.3 Å². The Morgan fingerprint density at radius 3 is 3.06 bits per heavy atom. The number of nitrogens with one attached hydrogen (secondary N) is 1. The zero-order valence-corrected chi connectivity index (χ0v) is 9.59. The molecule has 86 valence electrons. The lowest BCUT2D eigenvalue weighted by Crippen LogP contribution is -2.07. The summed E-state index contributed by atoms with van der Waals surface area (Å²) in [6.45, 7) is 4.48. The number of rotatable bonds is 5. The van der Waals surface area contributed by atoms with Crippen LogP contribution in [0.4, 0.5) is 0 Å². The van der Waals surface area contributed by atoms with Crippen molar-refractivity contribution < 1.29 is 0 Å². The average molecular weight is 220 g/mol. The van der Waals surface area contributed by atoms with Crippen LogP contribution in [0, 0.1) is 0 Å². The van der Waals surface area contributed by atoms with Gasteiger partial charge in [0.15, 0.2) is 0 Å². The minimum absolute atomic E-state index is 0.713. The predicted octanol–water partition coefficient (Wildman–Crippen LogP) is 0.262. The van der Waals surface area contributed by atoms with Crippen LogP contribution in [-0.2, 0) is 19.6 Å². The maximum atomic E-state index is 4.12. The fourth-order valence-electron chi connectivity index (χ4n) is 1.61. The van der Waals surface area contributed by atoms with Crippen LogP contribution in [0.2, 0.25) is 0 Å². The molecule has 0 saturated carbocycles. The summed E-state index contributed by atoms with van der Waals surface area (Å²) < 4.78 is 3.93. The second kappa shape index (κ2) is 4.89. The number of aromatic nitrogens is 5. The summed E-state index contributed by atoms with van der Waals surface area (Å²) in [4.78, 5) is 4.12. The highest BCUT2D eigenvalue weighted by atomic mass is 15.4. The first-order valence-corrected chi connectivity index (χ1v) is 5.36. The molecule has 0 unspecified atom stereocenters. The molecule has 2 heterocycles. The molecule has 6 heteroatoms. The van der Waals surface area contributed by atoms with Gasteiger partial charge in [-0.2, -0.15) is 0 Å². The topological polar surface area (TPSA) is 60.6 Å². The molecule has 2 rings (SSSR count). The van der Waals surface area contributed by atoms with E-state index in [-0.39, 0.29) is 0 Å². The van der Waals surface area contributed by atoms with Crippen molar-refractivity contribution in [2.75, 3.05) is 7.05 Å². The highest BCUT2D eigenvalue weighted by Crippen LogP contribution is 2.02. The van der Waals surface area contributed by atoms with Crippen molar-refractivity contribution in [1.82, 2.24) is 29.9 Å². The van der Waals surface area contributed by atoms with Gasteiger partial charge in [-0.05, 0) is 14.0 Å². The highest BCUT2D eigenvalue weighted by Gasteiger charge is 2.04. The van der Waals surface area contributed by atoms with Crippen LogP contribution < -0.4 is 5.32 Å². The minimum Gasteiger partial charge on any atom is -0.333 e. The molecule has 0 bridgehead atoms. The second-order valence-corrected chi connectivity index (χ2v) is 3.61. The Labute approximate surface area is 94.3 Å². The number of nitrogens with zero attached hydrogens (tertiary/aromatic N) is 5. The van der Waals surface area contributed by atoms with Crippen LogP contribution in [0.15, 0.2) is 18.7 Å². The van der Waals surface area contributed by atoms with E-state index in [1.165, 1.54) is 0 Å². The molecule has 0 fully saturated rings. The van der Waals surface area contributed by atoms with Gasteiger partial charge in [0.1, 0.15) is 0 Å². The van der Waals surface area contributed by atoms with Gasteiger partial charge in [-0.1, -0.05) is 5.21 Å². The normalized spacial score (nSPS) is 10.9. The van der Waals surface area contributed by atoms with Gasteiger partial charge >= 0.3 is 0 Å². The zero-order chi connectivity index (χ0) is 11.4. The van der Waals surface area contributed by atoms with Gasteiger partial charge in [0, 0.05) is 13.1 Å². The summed E-state index contributed by atoms with van der Waals surface area (Å²) in [7, 11) is 1.89. The smallest absolute Gasteiger partial charge is 0.0964 e. The van der Waals surface area contributed by atoms with E-state index in [0.717, 1.165) is 24.5 Å². The van der Waals surface area contributed by atoms with Crippen molar-refractivity contribution in [3.05, 3.63) is 30.1 Å². The maximum absolute atomic E-state index is 4.12. The Balaban J connectivity index is 2.08. The first kappa shape index (κ1) is 10.8. The Morgan fingerprint density at radius 2 is 2.31 bits per heavy atom. The van der Waals surface area contributed by atoms with Crippen LogP contribution in [0.25, 0.3) is 0 Å². The van der Waals surface area contributed by atoms with Gasteiger partial charge in [-0.3, -0.25) is 0 Å². The van der Waals surface area contributed by atoms with E-state index in [9.17, 15) is 0 Å². The van der Waals surface area contributed by atoms with Gasteiger partial charge in [-0.15, -0.1) is 5.10 Å². The highest BCUT2D eigenvalue weighted by molar-refractivity contribution is 5.00. The fourth-order valence-corrected chi connectivity index (χ4v) is 1.61. The lowest BCUT2D eigenvalue weighted by molar-refractivity contribution is 0.602. The molecular weight excluding hydrogens is 204 g/mol. The molecule has 0 aliphatic rings. The van der Waals surface area contributed by atoms with E-state index in [1.807, 2.05) is 30.5 Å². The van der Waals surface area contributed by atoms with Gasteiger partial charge in [0.2, 0.25) is 0 Å². The first-order chi connectivity index (χ1) is 7.83. The summed E-state index contributed by atoms with van der Waals surface area (Å²) in [6, 6.07) is 0. The molecular formula is C10H16N6. The lowest BCUT2D eigenvalue weighted by atomic mass is 10.4. The summed E-state index contributed by atoms with van der Waals surface area (Å²) in [6.07, 6.45) is 5.65. The molecule has 0 saturated heterocycles. The molecule has 0 amide bonds. The lowest BCUT2D eigenvalue weighted by Gasteiger charge is -2.03. The Morgan fingerprint density at radius 1 is 1.44 bits per heavy atom. The van der Waals surface area contributed by atoms with E-state index in [0.29, 0.717) is 6.54 Å². The van der Waals surface area contributed by atoms with Crippen LogP contribution in [-0.4, -0.2) is 31.6 Å². The van der Waals surface area contributed by atoms with Crippen LogP contribution in [0.5, 0.6) is 0 Å². The van der Waals surface area contributed by atoms with E-state index < -0.39 is 0 Å². The third-order valence-corrected chi connectivity index (χ3v) is 2.41. The molecule has 0 aromatic carbocycles. The standard InChI is InChI=1S/C10H16N6/c1-3-15-8-12-5-10(15)7-16-6-9(4-11-2)13-14-16/h5-6,8,11H,3-4,7H2,1-2H3. The maximum Gasteiger partial charge on any atom is 0.0964 e. The average Bonchev–Trinajstić information content (AvgIpc) is 2.89. The van der Waals surface area contributed by atoms with Crippen molar-refractivity contribution >= 4 is 0 Å². The van der Waals surface area contributed by atoms with Gasteiger partial charge in [0.25, 0.3) is 0 Å². The molecule has 0 radical (unpaired) electrons. The van der Waals surface area contributed by atoms with E-state index in [4.69, 9.17) is 0 Å². The quantitative estimate of drug-likeness (QED) is 0.785. The molecule has 1 N–H and O–H groups in total. The minimum atomic E-state index is 0.713. The van der Waals surface area contributed by atoms with Crippen molar-refractivity contribution in [3.63, 3.8) is 0 Å². The molecule has 2 aromatic heterocycles. The Hall–Kier alpha value is -1.69. The Bertz CT molecular complexity index is 444. The van der Waals surface area contributed by atoms with Crippen molar-refractivity contribution in [2.24, 2.45) is 0 Å². The van der Waals surface area contributed by atoms with Crippen LogP contribution >= 0.6 is 0 Å². The summed E-state index contributed by atoms with van der Waals surface area (Å²) >= 11 is 0. The second-order valence-electron chi connectivity index (χ2n) is 3.61. The molecule has 6 nitrogen and oxygen atoms in total. The summed E-state index contributed by atoms with van der Waals surface area (Å²) in [5.74, 6) is 0. The zero-order valence-electron chi connectivity index (χ0n) is 9.59. The molecule has 0 aliphatic carbocycles. The number of hydrogen-bond acceptors (Lipinski definition) is 4. The molecule has 0 spiro atoms. The summed E-state index contributed by atoms with van der Waals surface area (Å²) in [5.41, 5.74) is 2.09. The number of aryl methyl sites for hydroxylation is 1. The van der Waals surface area contributed by atoms with Crippen LogP contribution in [0.3, 0.4) is 0 Å². The van der Waals surface area contributed by atoms with Gasteiger partial charge < -0.3 is 9.88 Å². The van der Waals surface area contributed by atoms with E-state index in [2.05, 4.69) is 32.1 Å². The monoisotopic (exact) mass is 220 g/mol. The first-order valence-electron chi connectivity index (χ1n) is 5.36. The van der Waals surface area contributed by atoms with Gasteiger partial charge in [0.05, 0.1) is 36.7 Å². The largest absolute Gasteiger partial charge is 0.333 e. The third-order valence-electron chi connectivity index (χ3n) is 2.41. The number of hydrogen-bond donors (Lipinski definition) is 1. The van der Waals surface area contributed by atoms with Crippen molar-refractivity contribution in [1.29, 1.82) is 0 Å². The molecule has 0 atom stereocenters. The molecule has 2 aromatic rings.